The molecule has 29 heavy (non-hydrogen) atoms. The zero-order chi connectivity index (χ0) is 20.8. The van der Waals surface area contributed by atoms with Crippen LogP contribution in [0.25, 0.3) is 0 Å². The Kier molecular flexibility index (Phi) is 6.50. The molecule has 0 saturated heterocycles. The normalized spacial score (nSPS) is 18.4. The molecular weight excluding hydrogens is 364 g/mol. The number of hydrogen-bond acceptors (Lipinski definition) is 4. The second-order valence-corrected chi connectivity index (χ2v) is 7.63. The van der Waals surface area contributed by atoms with E-state index in [0.717, 1.165) is 11.4 Å². The molecule has 0 heterocycles. The van der Waals surface area contributed by atoms with Crippen molar-refractivity contribution >= 4 is 28.9 Å². The van der Waals surface area contributed by atoms with Gasteiger partial charge < -0.3 is 15.5 Å². The largest absolute Gasteiger partial charge is 0.378 e. The van der Waals surface area contributed by atoms with Gasteiger partial charge >= 0.3 is 0 Å². The average molecular weight is 390 g/mol. The van der Waals surface area contributed by atoms with Crippen LogP contribution in [0.3, 0.4) is 0 Å². The Balaban J connectivity index is 1.51. The van der Waals surface area contributed by atoms with Crippen molar-refractivity contribution in [2.75, 3.05) is 29.6 Å². The molecule has 0 atom stereocenters. The summed E-state index contributed by atoms with van der Waals surface area (Å²) in [6.07, 6.45) is 2.69. The second kappa shape index (κ2) is 9.24. The SMILES string of the molecule is CN(C)c1ccc(NC(=O)C2CCC(C(=O)Nc3ccccc3C#N)CC2)cc1. The van der Waals surface area contributed by atoms with Crippen molar-refractivity contribution in [1.82, 2.24) is 0 Å². The van der Waals surface area contributed by atoms with Gasteiger partial charge in [-0.1, -0.05) is 12.1 Å². The van der Waals surface area contributed by atoms with Crippen molar-refractivity contribution in [2.45, 2.75) is 25.7 Å². The Morgan fingerprint density at radius 2 is 1.45 bits per heavy atom. The predicted octanol–water partition coefficient (Wildman–Crippen LogP) is 4.01. The molecule has 1 aliphatic carbocycles. The van der Waals surface area contributed by atoms with Gasteiger partial charge in [0, 0.05) is 37.3 Å². The highest BCUT2D eigenvalue weighted by Gasteiger charge is 2.30. The van der Waals surface area contributed by atoms with Crippen LogP contribution in [0.15, 0.2) is 48.5 Å². The van der Waals surface area contributed by atoms with Crippen LogP contribution < -0.4 is 15.5 Å². The van der Waals surface area contributed by atoms with Crippen LogP contribution in [0.1, 0.15) is 31.2 Å². The van der Waals surface area contributed by atoms with E-state index in [1.807, 2.05) is 43.3 Å². The molecule has 1 fully saturated rings. The molecule has 1 aliphatic rings. The quantitative estimate of drug-likeness (QED) is 0.808. The summed E-state index contributed by atoms with van der Waals surface area (Å²) in [5.74, 6) is -0.286. The van der Waals surface area contributed by atoms with E-state index < -0.39 is 0 Å². The second-order valence-electron chi connectivity index (χ2n) is 7.63. The molecule has 2 N–H and O–H groups in total. The van der Waals surface area contributed by atoms with Crippen LogP contribution in [0.2, 0.25) is 0 Å². The van der Waals surface area contributed by atoms with Crippen LogP contribution in [0.4, 0.5) is 17.1 Å². The Labute approximate surface area is 171 Å². The fourth-order valence-electron chi connectivity index (χ4n) is 3.63. The first kappa shape index (κ1) is 20.4. The predicted molar refractivity (Wildman–Crippen MR) is 115 cm³/mol. The lowest BCUT2D eigenvalue weighted by molar-refractivity contribution is -0.125. The van der Waals surface area contributed by atoms with Gasteiger partial charge in [-0.2, -0.15) is 5.26 Å². The fourth-order valence-corrected chi connectivity index (χ4v) is 3.63. The van der Waals surface area contributed by atoms with Crippen molar-refractivity contribution in [1.29, 1.82) is 5.26 Å². The number of benzene rings is 2. The summed E-state index contributed by atoms with van der Waals surface area (Å²) in [4.78, 5) is 27.2. The number of nitrogens with one attached hydrogen (secondary N) is 2. The van der Waals surface area contributed by atoms with E-state index in [1.165, 1.54) is 0 Å². The fraction of sp³-hybridized carbons (Fsp3) is 0.348. The molecule has 3 rings (SSSR count). The summed E-state index contributed by atoms with van der Waals surface area (Å²) >= 11 is 0. The van der Waals surface area contributed by atoms with Gasteiger partial charge in [-0.3, -0.25) is 9.59 Å². The lowest BCUT2D eigenvalue weighted by Gasteiger charge is -2.27. The number of carbonyl (C=O) groups excluding carboxylic acids is 2. The highest BCUT2D eigenvalue weighted by atomic mass is 16.2. The minimum atomic E-state index is -0.134. The van der Waals surface area contributed by atoms with Crippen molar-refractivity contribution in [2.24, 2.45) is 11.8 Å². The highest BCUT2D eigenvalue weighted by molar-refractivity contribution is 5.95. The number of nitrogens with zero attached hydrogens (tertiary/aromatic N) is 2. The van der Waals surface area contributed by atoms with Crippen molar-refractivity contribution in [3.05, 3.63) is 54.1 Å². The average Bonchev–Trinajstić information content (AvgIpc) is 2.74. The number of para-hydroxylation sites is 1. The number of carbonyl (C=O) groups is 2. The van der Waals surface area contributed by atoms with Crippen LogP contribution in [0.5, 0.6) is 0 Å². The third-order valence-electron chi connectivity index (χ3n) is 5.43. The third-order valence-corrected chi connectivity index (χ3v) is 5.43. The lowest BCUT2D eigenvalue weighted by atomic mass is 9.81. The maximum Gasteiger partial charge on any atom is 0.227 e. The summed E-state index contributed by atoms with van der Waals surface area (Å²) in [6.45, 7) is 0. The minimum absolute atomic E-state index is 0.0105. The van der Waals surface area contributed by atoms with E-state index in [-0.39, 0.29) is 23.7 Å². The van der Waals surface area contributed by atoms with Gasteiger partial charge in [-0.05, 0) is 62.1 Å². The summed E-state index contributed by atoms with van der Waals surface area (Å²) in [7, 11) is 3.95. The van der Waals surface area contributed by atoms with E-state index in [0.29, 0.717) is 36.9 Å². The van der Waals surface area contributed by atoms with Gasteiger partial charge in [-0.25, -0.2) is 0 Å². The van der Waals surface area contributed by atoms with E-state index in [9.17, 15) is 9.59 Å². The van der Waals surface area contributed by atoms with E-state index in [4.69, 9.17) is 5.26 Å². The van der Waals surface area contributed by atoms with Crippen LogP contribution in [0, 0.1) is 23.2 Å². The van der Waals surface area contributed by atoms with Gasteiger partial charge in [0.25, 0.3) is 0 Å². The monoisotopic (exact) mass is 390 g/mol. The van der Waals surface area contributed by atoms with Crippen LogP contribution in [-0.4, -0.2) is 25.9 Å². The smallest absolute Gasteiger partial charge is 0.227 e. The number of anilines is 3. The van der Waals surface area contributed by atoms with Gasteiger partial charge in [0.15, 0.2) is 0 Å². The zero-order valence-corrected chi connectivity index (χ0v) is 16.8. The van der Waals surface area contributed by atoms with Crippen LogP contribution in [-0.2, 0) is 9.59 Å². The molecule has 2 aromatic carbocycles. The molecule has 0 bridgehead atoms. The molecule has 0 unspecified atom stereocenters. The molecule has 2 amide bonds. The van der Waals surface area contributed by atoms with Crippen molar-refractivity contribution < 1.29 is 9.59 Å². The van der Waals surface area contributed by atoms with Gasteiger partial charge in [0.1, 0.15) is 6.07 Å². The molecule has 2 aromatic rings. The van der Waals surface area contributed by atoms with E-state index in [2.05, 4.69) is 16.7 Å². The first-order chi connectivity index (χ1) is 14.0. The first-order valence-corrected chi connectivity index (χ1v) is 9.86. The van der Waals surface area contributed by atoms with Crippen molar-refractivity contribution in [3.8, 4) is 6.07 Å². The molecular formula is C23H26N4O2. The maximum absolute atomic E-state index is 12.6. The van der Waals surface area contributed by atoms with Crippen LogP contribution >= 0.6 is 0 Å². The summed E-state index contributed by atoms with van der Waals surface area (Å²) in [5, 5.41) is 15.0. The minimum Gasteiger partial charge on any atom is -0.378 e. The van der Waals surface area contributed by atoms with E-state index in [1.54, 1.807) is 24.3 Å². The molecule has 0 radical (unpaired) electrons. The number of amides is 2. The lowest BCUT2D eigenvalue weighted by Crippen LogP contribution is -2.32. The maximum atomic E-state index is 12.6. The Bertz CT molecular complexity index is 907. The first-order valence-electron chi connectivity index (χ1n) is 9.86. The highest BCUT2D eigenvalue weighted by Crippen LogP contribution is 2.31. The molecule has 1 saturated carbocycles. The number of rotatable bonds is 5. The third kappa shape index (κ3) is 5.14. The molecule has 6 nitrogen and oxygen atoms in total. The van der Waals surface area contributed by atoms with E-state index >= 15 is 0 Å². The molecule has 6 heteroatoms. The summed E-state index contributed by atoms with van der Waals surface area (Å²) in [5.41, 5.74) is 2.86. The Hall–Kier alpha value is -3.33. The number of hydrogen-bond donors (Lipinski definition) is 2. The number of nitriles is 1. The molecule has 0 aliphatic heterocycles. The van der Waals surface area contributed by atoms with Crippen molar-refractivity contribution in [3.63, 3.8) is 0 Å². The Morgan fingerprint density at radius 1 is 0.897 bits per heavy atom. The molecule has 0 aromatic heterocycles. The zero-order valence-electron chi connectivity index (χ0n) is 16.8. The summed E-state index contributed by atoms with van der Waals surface area (Å²) in [6, 6.07) is 16.8. The molecule has 0 spiro atoms. The standard InChI is InChI=1S/C23H26N4O2/c1-27(2)20-13-11-19(12-14-20)25-22(28)16-7-9-17(10-8-16)23(29)26-21-6-4-3-5-18(21)15-24/h3-6,11-14,16-17H,7-10H2,1-2H3,(H,25,28)(H,26,29). The summed E-state index contributed by atoms with van der Waals surface area (Å²) < 4.78 is 0. The topological polar surface area (TPSA) is 85.2 Å². The van der Waals surface area contributed by atoms with Gasteiger partial charge in [0.05, 0.1) is 11.3 Å². The molecule has 150 valence electrons. The van der Waals surface area contributed by atoms with Gasteiger partial charge in [0.2, 0.25) is 11.8 Å². The Morgan fingerprint density at radius 3 is 2.00 bits per heavy atom. The van der Waals surface area contributed by atoms with Gasteiger partial charge in [-0.15, -0.1) is 0 Å².